The van der Waals surface area contributed by atoms with Crippen molar-refractivity contribution < 1.29 is 4.79 Å². The third-order valence-electron chi connectivity index (χ3n) is 2.03. The van der Waals surface area contributed by atoms with E-state index < -0.39 is 0 Å². The highest BCUT2D eigenvalue weighted by Gasteiger charge is 2.12. The fourth-order valence-corrected chi connectivity index (χ4v) is 1.98. The summed E-state index contributed by atoms with van der Waals surface area (Å²) >= 11 is 3.35. The number of hydrazine groups is 1. The van der Waals surface area contributed by atoms with Crippen molar-refractivity contribution in [1.82, 2.24) is 5.43 Å². The number of hydrogen-bond donors (Lipinski definition) is 3. The molecule has 0 heterocycles. The summed E-state index contributed by atoms with van der Waals surface area (Å²) in [4.78, 5) is 11.5. The van der Waals surface area contributed by atoms with Gasteiger partial charge in [-0.05, 0) is 31.5 Å². The molecule has 0 atom stereocenters. The Morgan fingerprint density at radius 1 is 1.53 bits per heavy atom. The van der Waals surface area contributed by atoms with Gasteiger partial charge >= 0.3 is 0 Å². The molecule has 0 aliphatic heterocycles. The highest BCUT2D eigenvalue weighted by molar-refractivity contribution is 9.10. The topological polar surface area (TPSA) is 67.2 Å². The molecule has 1 aromatic carbocycles. The van der Waals surface area contributed by atoms with Crippen LogP contribution in [0, 0.1) is 6.92 Å². The summed E-state index contributed by atoms with van der Waals surface area (Å²) in [6.45, 7) is 4.68. The van der Waals surface area contributed by atoms with Crippen molar-refractivity contribution in [2.24, 2.45) is 5.84 Å². The zero-order valence-electron chi connectivity index (χ0n) is 8.73. The van der Waals surface area contributed by atoms with Gasteiger partial charge in [0.2, 0.25) is 0 Å². The van der Waals surface area contributed by atoms with Crippen LogP contribution in [-0.4, -0.2) is 12.5 Å². The average molecular weight is 272 g/mol. The van der Waals surface area contributed by atoms with Crippen molar-refractivity contribution in [1.29, 1.82) is 0 Å². The Labute approximate surface area is 97.3 Å². The third kappa shape index (κ3) is 2.70. The van der Waals surface area contributed by atoms with E-state index in [4.69, 9.17) is 5.84 Å². The van der Waals surface area contributed by atoms with Crippen LogP contribution >= 0.6 is 15.9 Å². The van der Waals surface area contributed by atoms with E-state index in [1.165, 1.54) is 0 Å². The first-order valence-electron chi connectivity index (χ1n) is 4.65. The smallest absolute Gasteiger partial charge is 0.267 e. The SMILES string of the molecule is CCNc1c(C)cc(Br)cc1C(=O)NN. The van der Waals surface area contributed by atoms with Crippen molar-refractivity contribution in [3.63, 3.8) is 0 Å². The number of nitrogen functional groups attached to an aromatic ring is 1. The Balaban J connectivity index is 3.26. The fraction of sp³-hybridized carbons (Fsp3) is 0.300. The van der Waals surface area contributed by atoms with Crippen LogP contribution in [0.4, 0.5) is 5.69 Å². The normalized spacial score (nSPS) is 9.87. The van der Waals surface area contributed by atoms with Crippen molar-refractivity contribution in [3.8, 4) is 0 Å². The van der Waals surface area contributed by atoms with E-state index in [-0.39, 0.29) is 5.91 Å². The lowest BCUT2D eigenvalue weighted by molar-refractivity contribution is 0.0954. The van der Waals surface area contributed by atoms with Crippen LogP contribution < -0.4 is 16.6 Å². The average Bonchev–Trinajstić information content (AvgIpc) is 2.20. The minimum absolute atomic E-state index is 0.296. The number of nitrogens with one attached hydrogen (secondary N) is 2. The largest absolute Gasteiger partial charge is 0.384 e. The van der Waals surface area contributed by atoms with Gasteiger partial charge < -0.3 is 5.32 Å². The summed E-state index contributed by atoms with van der Waals surface area (Å²) in [7, 11) is 0. The molecule has 0 saturated heterocycles. The molecule has 0 spiro atoms. The van der Waals surface area contributed by atoms with E-state index in [0.29, 0.717) is 5.56 Å². The van der Waals surface area contributed by atoms with E-state index in [2.05, 4.69) is 26.7 Å². The van der Waals surface area contributed by atoms with Gasteiger partial charge in [-0.15, -0.1) is 0 Å². The maximum Gasteiger partial charge on any atom is 0.267 e. The Kier molecular flexibility index (Phi) is 4.11. The van der Waals surface area contributed by atoms with Gasteiger partial charge in [0.25, 0.3) is 5.91 Å². The predicted molar refractivity (Wildman–Crippen MR) is 64.7 cm³/mol. The van der Waals surface area contributed by atoms with Crippen molar-refractivity contribution in [2.75, 3.05) is 11.9 Å². The molecule has 5 heteroatoms. The number of benzene rings is 1. The molecular formula is C10H14BrN3O. The first kappa shape index (κ1) is 12.0. The fourth-order valence-electron chi connectivity index (χ4n) is 1.41. The Bertz CT molecular complexity index is 379. The van der Waals surface area contributed by atoms with Crippen LogP contribution in [0.5, 0.6) is 0 Å². The predicted octanol–water partition coefficient (Wildman–Crippen LogP) is 1.79. The first-order valence-corrected chi connectivity index (χ1v) is 5.44. The lowest BCUT2D eigenvalue weighted by Crippen LogP contribution is -2.30. The molecule has 0 fully saturated rings. The van der Waals surface area contributed by atoms with Crippen molar-refractivity contribution in [3.05, 3.63) is 27.7 Å². The number of amides is 1. The summed E-state index contributed by atoms with van der Waals surface area (Å²) in [6, 6.07) is 3.69. The standard InChI is InChI=1S/C10H14BrN3O/c1-3-13-9-6(2)4-7(11)5-8(9)10(15)14-12/h4-5,13H,3,12H2,1-2H3,(H,14,15). The second-order valence-electron chi connectivity index (χ2n) is 3.15. The van der Waals surface area contributed by atoms with Gasteiger partial charge in [-0.3, -0.25) is 10.2 Å². The lowest BCUT2D eigenvalue weighted by Gasteiger charge is -2.13. The van der Waals surface area contributed by atoms with Crippen LogP contribution in [0.3, 0.4) is 0 Å². The third-order valence-corrected chi connectivity index (χ3v) is 2.49. The zero-order chi connectivity index (χ0) is 11.4. The number of rotatable bonds is 3. The molecule has 0 radical (unpaired) electrons. The number of aryl methyl sites for hydroxylation is 1. The molecule has 82 valence electrons. The van der Waals surface area contributed by atoms with Gasteiger partial charge in [0.05, 0.1) is 5.56 Å². The summed E-state index contributed by atoms with van der Waals surface area (Å²) in [6.07, 6.45) is 0. The molecule has 0 aromatic heterocycles. The first-order chi connectivity index (χ1) is 7.10. The highest BCUT2D eigenvalue weighted by atomic mass is 79.9. The lowest BCUT2D eigenvalue weighted by atomic mass is 10.1. The Hall–Kier alpha value is -1.07. The van der Waals surface area contributed by atoms with E-state index >= 15 is 0 Å². The van der Waals surface area contributed by atoms with Crippen molar-refractivity contribution in [2.45, 2.75) is 13.8 Å². The van der Waals surface area contributed by atoms with Crippen molar-refractivity contribution >= 4 is 27.5 Å². The van der Waals surface area contributed by atoms with Crippen LogP contribution in [0.2, 0.25) is 0 Å². The van der Waals surface area contributed by atoms with E-state index in [1.54, 1.807) is 6.07 Å². The van der Waals surface area contributed by atoms with Gasteiger partial charge in [0.1, 0.15) is 0 Å². The molecule has 15 heavy (non-hydrogen) atoms. The van der Waals surface area contributed by atoms with Gasteiger partial charge in [-0.25, -0.2) is 5.84 Å². The number of carbonyl (C=O) groups is 1. The molecule has 0 bridgehead atoms. The molecule has 4 nitrogen and oxygen atoms in total. The highest BCUT2D eigenvalue weighted by Crippen LogP contribution is 2.25. The van der Waals surface area contributed by atoms with Crippen LogP contribution in [-0.2, 0) is 0 Å². The molecule has 1 rings (SSSR count). The quantitative estimate of drug-likeness (QED) is 0.446. The van der Waals surface area contributed by atoms with E-state index in [9.17, 15) is 4.79 Å². The second-order valence-corrected chi connectivity index (χ2v) is 4.06. The maximum absolute atomic E-state index is 11.5. The molecule has 0 saturated carbocycles. The zero-order valence-corrected chi connectivity index (χ0v) is 10.3. The summed E-state index contributed by atoms with van der Waals surface area (Å²) in [5, 5.41) is 3.15. The van der Waals surface area contributed by atoms with Gasteiger partial charge in [-0.2, -0.15) is 0 Å². The van der Waals surface area contributed by atoms with Crippen LogP contribution in [0.25, 0.3) is 0 Å². The number of carbonyl (C=O) groups excluding carboxylic acids is 1. The Morgan fingerprint density at radius 2 is 2.20 bits per heavy atom. The molecular weight excluding hydrogens is 258 g/mol. The van der Waals surface area contributed by atoms with E-state index in [0.717, 1.165) is 22.3 Å². The summed E-state index contributed by atoms with van der Waals surface area (Å²) in [5.41, 5.74) is 4.51. The number of halogens is 1. The molecule has 4 N–H and O–H groups in total. The van der Waals surface area contributed by atoms with Crippen LogP contribution in [0.1, 0.15) is 22.8 Å². The minimum Gasteiger partial charge on any atom is -0.384 e. The number of anilines is 1. The summed E-state index contributed by atoms with van der Waals surface area (Å²) in [5.74, 6) is 4.83. The van der Waals surface area contributed by atoms with Gasteiger partial charge in [-0.1, -0.05) is 15.9 Å². The van der Waals surface area contributed by atoms with Gasteiger partial charge in [0.15, 0.2) is 0 Å². The molecule has 1 amide bonds. The molecule has 1 aromatic rings. The van der Waals surface area contributed by atoms with Gasteiger partial charge in [0, 0.05) is 16.7 Å². The van der Waals surface area contributed by atoms with E-state index in [1.807, 2.05) is 19.9 Å². The number of nitrogens with two attached hydrogens (primary N) is 1. The molecule has 0 unspecified atom stereocenters. The minimum atomic E-state index is -0.296. The number of hydrogen-bond acceptors (Lipinski definition) is 3. The molecule has 0 aliphatic carbocycles. The maximum atomic E-state index is 11.5. The monoisotopic (exact) mass is 271 g/mol. The molecule has 0 aliphatic rings. The Morgan fingerprint density at radius 3 is 2.73 bits per heavy atom. The second kappa shape index (κ2) is 5.14. The summed E-state index contributed by atoms with van der Waals surface area (Å²) < 4.78 is 0.861. The van der Waals surface area contributed by atoms with Crippen LogP contribution in [0.15, 0.2) is 16.6 Å².